The summed E-state index contributed by atoms with van der Waals surface area (Å²) in [7, 11) is 0. The molecule has 0 bridgehead atoms. The SMILES string of the molecule is O=C(/C=C/c1cnc2ccccc2n1)c1ccncc1. The highest BCUT2D eigenvalue weighted by atomic mass is 16.1. The van der Waals surface area contributed by atoms with Gasteiger partial charge in [-0.15, -0.1) is 0 Å². The predicted octanol–water partition coefficient (Wildman–Crippen LogP) is 2.92. The van der Waals surface area contributed by atoms with Crippen LogP contribution in [0.15, 0.2) is 61.1 Å². The third-order valence-electron chi connectivity index (χ3n) is 2.84. The van der Waals surface area contributed by atoms with E-state index in [1.54, 1.807) is 36.8 Å². The number of pyridine rings is 1. The molecular weight excluding hydrogens is 250 g/mol. The minimum absolute atomic E-state index is 0.0811. The number of allylic oxidation sites excluding steroid dienone is 1. The van der Waals surface area contributed by atoms with E-state index in [0.29, 0.717) is 11.3 Å². The molecule has 2 aromatic heterocycles. The van der Waals surface area contributed by atoms with E-state index < -0.39 is 0 Å². The molecule has 0 aliphatic carbocycles. The number of para-hydroxylation sites is 2. The number of hydrogen-bond donors (Lipinski definition) is 0. The molecule has 0 saturated carbocycles. The zero-order valence-corrected chi connectivity index (χ0v) is 10.6. The number of rotatable bonds is 3. The van der Waals surface area contributed by atoms with Crippen molar-refractivity contribution in [3.05, 3.63) is 72.3 Å². The van der Waals surface area contributed by atoms with Crippen molar-refractivity contribution in [1.82, 2.24) is 15.0 Å². The van der Waals surface area contributed by atoms with Gasteiger partial charge in [0.05, 0.1) is 22.9 Å². The van der Waals surface area contributed by atoms with Crippen LogP contribution in [-0.4, -0.2) is 20.7 Å². The van der Waals surface area contributed by atoms with E-state index in [-0.39, 0.29) is 5.78 Å². The molecule has 0 atom stereocenters. The molecule has 0 unspecified atom stereocenters. The van der Waals surface area contributed by atoms with Crippen molar-refractivity contribution in [2.75, 3.05) is 0 Å². The second kappa shape index (κ2) is 5.40. The fourth-order valence-electron chi connectivity index (χ4n) is 1.83. The molecule has 3 aromatic rings. The number of benzene rings is 1. The molecule has 3 rings (SSSR count). The first-order valence-corrected chi connectivity index (χ1v) is 6.17. The number of aromatic nitrogens is 3. The highest BCUT2D eigenvalue weighted by Crippen LogP contribution is 2.09. The van der Waals surface area contributed by atoms with Crippen LogP contribution in [0.2, 0.25) is 0 Å². The number of carbonyl (C=O) groups excluding carboxylic acids is 1. The first kappa shape index (κ1) is 12.2. The largest absolute Gasteiger partial charge is 0.289 e. The van der Waals surface area contributed by atoms with Crippen LogP contribution in [0.1, 0.15) is 16.1 Å². The summed E-state index contributed by atoms with van der Waals surface area (Å²) in [5, 5.41) is 0. The van der Waals surface area contributed by atoms with Gasteiger partial charge in [-0.1, -0.05) is 12.1 Å². The van der Waals surface area contributed by atoms with Crippen molar-refractivity contribution in [1.29, 1.82) is 0 Å². The van der Waals surface area contributed by atoms with Gasteiger partial charge in [-0.2, -0.15) is 0 Å². The van der Waals surface area contributed by atoms with E-state index in [9.17, 15) is 4.79 Å². The second-order valence-corrected chi connectivity index (χ2v) is 4.22. The lowest BCUT2D eigenvalue weighted by molar-refractivity contribution is 0.104. The lowest BCUT2D eigenvalue weighted by Crippen LogP contribution is -1.94. The lowest BCUT2D eigenvalue weighted by Gasteiger charge is -1.97. The summed E-state index contributed by atoms with van der Waals surface area (Å²) >= 11 is 0. The van der Waals surface area contributed by atoms with Crippen molar-refractivity contribution in [2.45, 2.75) is 0 Å². The average molecular weight is 261 g/mol. The van der Waals surface area contributed by atoms with Gasteiger partial charge >= 0.3 is 0 Å². The third-order valence-corrected chi connectivity index (χ3v) is 2.84. The van der Waals surface area contributed by atoms with Crippen LogP contribution in [-0.2, 0) is 0 Å². The minimum atomic E-state index is -0.0811. The lowest BCUT2D eigenvalue weighted by atomic mass is 10.1. The van der Waals surface area contributed by atoms with Gasteiger partial charge in [0.2, 0.25) is 0 Å². The molecule has 96 valence electrons. The summed E-state index contributed by atoms with van der Waals surface area (Å²) in [5.74, 6) is -0.0811. The standard InChI is InChI=1S/C16H11N3O/c20-16(12-7-9-17-10-8-12)6-5-13-11-18-14-3-1-2-4-15(14)19-13/h1-11H/b6-5+. The van der Waals surface area contributed by atoms with E-state index in [4.69, 9.17) is 0 Å². The molecular formula is C16H11N3O. The Bertz CT molecular complexity index is 782. The first-order valence-electron chi connectivity index (χ1n) is 6.17. The van der Waals surface area contributed by atoms with E-state index >= 15 is 0 Å². The minimum Gasteiger partial charge on any atom is -0.289 e. The van der Waals surface area contributed by atoms with Crippen LogP contribution in [0, 0.1) is 0 Å². The highest BCUT2D eigenvalue weighted by Gasteiger charge is 2.01. The smallest absolute Gasteiger partial charge is 0.186 e. The highest BCUT2D eigenvalue weighted by molar-refractivity contribution is 6.06. The molecule has 0 aliphatic heterocycles. The Labute approximate surface area is 115 Å². The van der Waals surface area contributed by atoms with Gasteiger partial charge in [0.25, 0.3) is 0 Å². The summed E-state index contributed by atoms with van der Waals surface area (Å²) in [6, 6.07) is 11.0. The van der Waals surface area contributed by atoms with Crippen molar-refractivity contribution < 1.29 is 4.79 Å². The van der Waals surface area contributed by atoms with Gasteiger partial charge in [-0.05, 0) is 36.4 Å². The molecule has 4 nitrogen and oxygen atoms in total. The first-order chi connectivity index (χ1) is 9.83. The summed E-state index contributed by atoms with van der Waals surface area (Å²) in [6.07, 6.45) is 8.00. The van der Waals surface area contributed by atoms with E-state index in [2.05, 4.69) is 15.0 Å². The Morgan fingerprint density at radius 2 is 1.75 bits per heavy atom. The topological polar surface area (TPSA) is 55.7 Å². The van der Waals surface area contributed by atoms with Crippen LogP contribution in [0.3, 0.4) is 0 Å². The molecule has 0 N–H and O–H groups in total. The molecule has 0 spiro atoms. The average Bonchev–Trinajstić information content (AvgIpc) is 2.53. The molecule has 4 heteroatoms. The van der Waals surface area contributed by atoms with E-state index in [1.165, 1.54) is 6.08 Å². The summed E-state index contributed by atoms with van der Waals surface area (Å²) in [5.41, 5.74) is 2.91. The maximum Gasteiger partial charge on any atom is 0.186 e. The third kappa shape index (κ3) is 2.59. The fourth-order valence-corrected chi connectivity index (χ4v) is 1.83. The normalized spacial score (nSPS) is 11.0. The zero-order valence-electron chi connectivity index (χ0n) is 10.6. The number of hydrogen-bond acceptors (Lipinski definition) is 4. The van der Waals surface area contributed by atoms with Crippen molar-refractivity contribution in [2.24, 2.45) is 0 Å². The van der Waals surface area contributed by atoms with Gasteiger partial charge in [-0.3, -0.25) is 14.8 Å². The maximum absolute atomic E-state index is 11.9. The molecule has 0 amide bonds. The predicted molar refractivity (Wildman–Crippen MR) is 77.1 cm³/mol. The number of ketones is 1. The molecule has 0 saturated heterocycles. The van der Waals surface area contributed by atoms with E-state index in [0.717, 1.165) is 11.0 Å². The Kier molecular flexibility index (Phi) is 3.29. The Balaban J connectivity index is 1.85. The molecule has 0 aliphatic rings. The van der Waals surface area contributed by atoms with Gasteiger partial charge in [-0.25, -0.2) is 4.98 Å². The maximum atomic E-state index is 11.9. The van der Waals surface area contributed by atoms with Gasteiger partial charge < -0.3 is 0 Å². The zero-order chi connectivity index (χ0) is 13.8. The Morgan fingerprint density at radius 3 is 2.55 bits per heavy atom. The van der Waals surface area contributed by atoms with Crippen LogP contribution in [0.5, 0.6) is 0 Å². The molecule has 2 heterocycles. The monoisotopic (exact) mass is 261 g/mol. The van der Waals surface area contributed by atoms with Crippen LogP contribution in [0.25, 0.3) is 17.1 Å². The summed E-state index contributed by atoms with van der Waals surface area (Å²) in [4.78, 5) is 24.5. The Morgan fingerprint density at radius 1 is 1.00 bits per heavy atom. The number of fused-ring (bicyclic) bond motifs is 1. The van der Waals surface area contributed by atoms with Crippen molar-refractivity contribution in [3.8, 4) is 0 Å². The van der Waals surface area contributed by atoms with E-state index in [1.807, 2.05) is 24.3 Å². The van der Waals surface area contributed by atoms with Crippen LogP contribution in [0.4, 0.5) is 0 Å². The van der Waals surface area contributed by atoms with Gasteiger partial charge in [0, 0.05) is 18.0 Å². The number of nitrogens with zero attached hydrogens (tertiary/aromatic N) is 3. The molecule has 20 heavy (non-hydrogen) atoms. The second-order valence-electron chi connectivity index (χ2n) is 4.22. The summed E-state index contributed by atoms with van der Waals surface area (Å²) in [6.45, 7) is 0. The van der Waals surface area contributed by atoms with Crippen LogP contribution >= 0.6 is 0 Å². The molecule has 0 radical (unpaired) electrons. The molecule has 0 fully saturated rings. The quantitative estimate of drug-likeness (QED) is 0.537. The van der Waals surface area contributed by atoms with Crippen molar-refractivity contribution >= 4 is 22.9 Å². The van der Waals surface area contributed by atoms with Gasteiger partial charge in [0.15, 0.2) is 5.78 Å². The number of carbonyl (C=O) groups is 1. The van der Waals surface area contributed by atoms with Crippen LogP contribution < -0.4 is 0 Å². The molecule has 1 aromatic carbocycles. The van der Waals surface area contributed by atoms with Crippen molar-refractivity contribution in [3.63, 3.8) is 0 Å². The summed E-state index contributed by atoms with van der Waals surface area (Å²) < 4.78 is 0. The van der Waals surface area contributed by atoms with Gasteiger partial charge in [0.1, 0.15) is 0 Å². The fraction of sp³-hybridized carbons (Fsp3) is 0. The Hall–Kier alpha value is -2.88.